The van der Waals surface area contributed by atoms with Gasteiger partial charge in [-0.25, -0.2) is 4.39 Å². The second-order valence-electron chi connectivity index (χ2n) is 4.54. The van der Waals surface area contributed by atoms with E-state index in [0.717, 1.165) is 12.1 Å². The number of nitro groups is 1. The molecule has 0 saturated carbocycles. The molecule has 2 aromatic rings. The highest BCUT2D eigenvalue weighted by Gasteiger charge is 2.19. The van der Waals surface area contributed by atoms with E-state index in [1.54, 1.807) is 24.0 Å². The molecule has 0 aliphatic heterocycles. The van der Waals surface area contributed by atoms with Crippen LogP contribution in [0.3, 0.4) is 0 Å². The van der Waals surface area contributed by atoms with Crippen molar-refractivity contribution >= 4 is 11.6 Å². The summed E-state index contributed by atoms with van der Waals surface area (Å²) in [4.78, 5) is 22.1. The molecule has 0 unspecified atom stereocenters. The third kappa shape index (κ3) is 3.22. The molecule has 0 spiro atoms. The van der Waals surface area contributed by atoms with Crippen molar-refractivity contribution in [3.8, 4) is 0 Å². The normalized spacial score (nSPS) is 10.4. The van der Waals surface area contributed by atoms with Crippen LogP contribution in [-0.2, 0) is 13.6 Å². The molecule has 0 atom stereocenters. The predicted octanol–water partition coefficient (Wildman–Crippen LogP) is 1.71. The number of nitrogens with zero attached hydrogens (tertiary/aromatic N) is 3. The number of aromatic nitrogens is 2. The standard InChI is InChI=1S/C13H13FN4O3/c1-8-5-10(18(20)21)6-11(12(8)14)13(19)15-7-9-3-4-17(2)16-9/h3-6H,7H2,1-2H3,(H,15,19). The predicted molar refractivity (Wildman–Crippen MR) is 72.2 cm³/mol. The van der Waals surface area contributed by atoms with E-state index in [1.807, 2.05) is 0 Å². The number of benzene rings is 1. The van der Waals surface area contributed by atoms with Crippen LogP contribution in [0.1, 0.15) is 21.6 Å². The smallest absolute Gasteiger partial charge is 0.270 e. The van der Waals surface area contributed by atoms with Gasteiger partial charge < -0.3 is 5.32 Å². The summed E-state index contributed by atoms with van der Waals surface area (Å²) in [6, 6.07) is 3.72. The number of amides is 1. The van der Waals surface area contributed by atoms with Crippen LogP contribution in [0, 0.1) is 22.9 Å². The molecule has 110 valence electrons. The first-order valence-corrected chi connectivity index (χ1v) is 6.09. The number of hydrogen-bond acceptors (Lipinski definition) is 4. The lowest BCUT2D eigenvalue weighted by atomic mass is 10.1. The number of halogens is 1. The Morgan fingerprint density at radius 1 is 1.52 bits per heavy atom. The monoisotopic (exact) mass is 292 g/mol. The second-order valence-corrected chi connectivity index (χ2v) is 4.54. The lowest BCUT2D eigenvalue weighted by Crippen LogP contribution is -2.24. The highest BCUT2D eigenvalue weighted by atomic mass is 19.1. The molecule has 0 aliphatic rings. The van der Waals surface area contributed by atoms with Crippen LogP contribution in [-0.4, -0.2) is 20.6 Å². The molecule has 1 N–H and O–H groups in total. The van der Waals surface area contributed by atoms with Crippen LogP contribution < -0.4 is 5.32 Å². The summed E-state index contributed by atoms with van der Waals surface area (Å²) in [6.45, 7) is 1.48. The first-order chi connectivity index (χ1) is 9.88. The van der Waals surface area contributed by atoms with Gasteiger partial charge in [0, 0.05) is 25.4 Å². The summed E-state index contributed by atoms with van der Waals surface area (Å²) < 4.78 is 15.5. The van der Waals surface area contributed by atoms with Crippen LogP contribution in [0.4, 0.5) is 10.1 Å². The molecule has 1 aromatic heterocycles. The summed E-state index contributed by atoms with van der Waals surface area (Å²) in [5.74, 6) is -1.48. The molecule has 7 nitrogen and oxygen atoms in total. The molecule has 2 rings (SSSR count). The van der Waals surface area contributed by atoms with Crippen molar-refractivity contribution in [2.24, 2.45) is 7.05 Å². The summed E-state index contributed by atoms with van der Waals surface area (Å²) in [7, 11) is 1.73. The molecule has 1 amide bonds. The van der Waals surface area contributed by atoms with Gasteiger partial charge in [-0.1, -0.05) is 0 Å². The van der Waals surface area contributed by atoms with Gasteiger partial charge in [-0.3, -0.25) is 19.6 Å². The van der Waals surface area contributed by atoms with Crippen molar-refractivity contribution in [1.82, 2.24) is 15.1 Å². The summed E-state index contributed by atoms with van der Waals surface area (Å²) in [5.41, 5.74) is -0.0184. The van der Waals surface area contributed by atoms with Gasteiger partial charge in [0.05, 0.1) is 22.7 Å². The second kappa shape index (κ2) is 5.70. The fraction of sp³-hybridized carbons (Fsp3) is 0.231. The maximum absolute atomic E-state index is 13.9. The first kappa shape index (κ1) is 14.6. The zero-order valence-corrected chi connectivity index (χ0v) is 11.5. The van der Waals surface area contributed by atoms with Gasteiger partial charge in [-0.15, -0.1) is 0 Å². The van der Waals surface area contributed by atoms with Crippen molar-refractivity contribution in [2.45, 2.75) is 13.5 Å². The number of nitro benzene ring substituents is 1. The molecule has 0 aliphatic carbocycles. The van der Waals surface area contributed by atoms with E-state index in [9.17, 15) is 19.3 Å². The maximum Gasteiger partial charge on any atom is 0.270 e. The number of aryl methyl sites for hydroxylation is 2. The van der Waals surface area contributed by atoms with Crippen molar-refractivity contribution in [1.29, 1.82) is 0 Å². The van der Waals surface area contributed by atoms with E-state index in [4.69, 9.17) is 0 Å². The quantitative estimate of drug-likeness (QED) is 0.686. The Morgan fingerprint density at radius 2 is 2.24 bits per heavy atom. The van der Waals surface area contributed by atoms with Crippen LogP contribution >= 0.6 is 0 Å². The van der Waals surface area contributed by atoms with Crippen molar-refractivity contribution in [2.75, 3.05) is 0 Å². The highest BCUT2D eigenvalue weighted by Crippen LogP contribution is 2.21. The Kier molecular flexibility index (Phi) is 3.97. The van der Waals surface area contributed by atoms with Gasteiger partial charge in [0.2, 0.25) is 0 Å². The third-order valence-electron chi connectivity index (χ3n) is 2.89. The minimum atomic E-state index is -0.765. The largest absolute Gasteiger partial charge is 0.346 e. The molecule has 0 saturated heterocycles. The maximum atomic E-state index is 13.9. The van der Waals surface area contributed by atoms with E-state index in [0.29, 0.717) is 5.69 Å². The molecule has 0 bridgehead atoms. The van der Waals surface area contributed by atoms with Crippen molar-refractivity contribution in [3.63, 3.8) is 0 Å². The molecule has 8 heteroatoms. The molecular formula is C13H13FN4O3. The fourth-order valence-corrected chi connectivity index (χ4v) is 1.84. The van der Waals surface area contributed by atoms with Crippen LogP contribution in [0.25, 0.3) is 0 Å². The fourth-order valence-electron chi connectivity index (χ4n) is 1.84. The first-order valence-electron chi connectivity index (χ1n) is 6.09. The highest BCUT2D eigenvalue weighted by molar-refractivity contribution is 5.95. The topological polar surface area (TPSA) is 90.1 Å². The number of rotatable bonds is 4. The van der Waals surface area contributed by atoms with Gasteiger partial charge >= 0.3 is 0 Å². The number of non-ortho nitro benzene ring substituents is 1. The van der Waals surface area contributed by atoms with E-state index in [-0.39, 0.29) is 23.4 Å². The number of nitrogens with one attached hydrogen (secondary N) is 1. The zero-order chi connectivity index (χ0) is 15.6. The minimum absolute atomic E-state index is 0.0483. The Bertz CT molecular complexity index is 711. The zero-order valence-electron chi connectivity index (χ0n) is 11.5. The van der Waals surface area contributed by atoms with E-state index in [1.165, 1.54) is 6.92 Å². The summed E-state index contributed by atoms with van der Waals surface area (Å²) in [5, 5.41) is 17.3. The molecule has 21 heavy (non-hydrogen) atoms. The van der Waals surface area contributed by atoms with Crippen LogP contribution in [0.15, 0.2) is 24.4 Å². The van der Waals surface area contributed by atoms with Gasteiger partial charge in [0.1, 0.15) is 5.82 Å². The average molecular weight is 292 g/mol. The van der Waals surface area contributed by atoms with Crippen molar-refractivity contribution in [3.05, 3.63) is 57.1 Å². The SMILES string of the molecule is Cc1cc([N+](=O)[O-])cc(C(=O)NCc2ccn(C)n2)c1F. The van der Waals surface area contributed by atoms with E-state index >= 15 is 0 Å². The average Bonchev–Trinajstić information content (AvgIpc) is 2.84. The number of carbonyl (C=O) groups excluding carboxylic acids is 1. The molecule has 0 fully saturated rings. The molecule has 1 aromatic carbocycles. The third-order valence-corrected chi connectivity index (χ3v) is 2.89. The molecule has 0 radical (unpaired) electrons. The van der Waals surface area contributed by atoms with Gasteiger partial charge in [-0.2, -0.15) is 5.10 Å². The van der Waals surface area contributed by atoms with Crippen LogP contribution in [0.2, 0.25) is 0 Å². The number of hydrogen-bond donors (Lipinski definition) is 1. The van der Waals surface area contributed by atoms with E-state index < -0.39 is 16.6 Å². The van der Waals surface area contributed by atoms with Crippen LogP contribution in [0.5, 0.6) is 0 Å². The number of carbonyl (C=O) groups is 1. The molecular weight excluding hydrogens is 279 g/mol. The Hall–Kier alpha value is -2.77. The van der Waals surface area contributed by atoms with Gasteiger partial charge in [0.25, 0.3) is 11.6 Å². The summed E-state index contributed by atoms with van der Waals surface area (Å²) in [6.07, 6.45) is 1.71. The van der Waals surface area contributed by atoms with Crippen molar-refractivity contribution < 1.29 is 14.1 Å². The lowest BCUT2D eigenvalue weighted by Gasteiger charge is -2.06. The van der Waals surface area contributed by atoms with E-state index in [2.05, 4.69) is 10.4 Å². The lowest BCUT2D eigenvalue weighted by molar-refractivity contribution is -0.385. The van der Waals surface area contributed by atoms with Gasteiger partial charge in [0.15, 0.2) is 0 Å². The molecule has 1 heterocycles. The summed E-state index contributed by atoms with van der Waals surface area (Å²) >= 11 is 0. The van der Waals surface area contributed by atoms with Gasteiger partial charge in [-0.05, 0) is 18.6 Å². The minimum Gasteiger partial charge on any atom is -0.346 e. The Morgan fingerprint density at radius 3 is 2.81 bits per heavy atom. The Labute approximate surface area is 119 Å². The Balaban J connectivity index is 2.20.